The number of carbonyl (C=O) groups is 1. The van der Waals surface area contributed by atoms with E-state index in [0.29, 0.717) is 5.92 Å². The Morgan fingerprint density at radius 1 is 0.905 bits per heavy atom. The molecule has 0 aliphatic heterocycles. The summed E-state index contributed by atoms with van der Waals surface area (Å²) >= 11 is 0. The van der Waals surface area contributed by atoms with Gasteiger partial charge < -0.3 is 0 Å². The lowest BCUT2D eigenvalue weighted by molar-refractivity contribution is -0.105. The summed E-state index contributed by atoms with van der Waals surface area (Å²) in [5.74, 6) is 0.561. The van der Waals surface area contributed by atoms with Gasteiger partial charge in [0, 0.05) is 5.92 Å². The van der Waals surface area contributed by atoms with E-state index in [0.717, 1.165) is 18.3 Å². The number of fused-ring (bicyclic) bond motifs is 3. The molecule has 1 nitrogen and oxygen atoms in total. The number of hydrogen-bond acceptors (Lipinski definition) is 1. The highest BCUT2D eigenvalue weighted by atomic mass is 16.1. The average molecular weight is 272 g/mol. The molecule has 2 aliphatic rings. The lowest BCUT2D eigenvalue weighted by Gasteiger charge is -2.28. The Bertz CT molecular complexity index is 752. The summed E-state index contributed by atoms with van der Waals surface area (Å²) in [6.07, 6.45) is 6.18. The van der Waals surface area contributed by atoms with Gasteiger partial charge in [0.25, 0.3) is 0 Å². The number of carbonyl (C=O) groups excluding carboxylic acids is 1. The van der Waals surface area contributed by atoms with Gasteiger partial charge in [0.05, 0.1) is 0 Å². The minimum Gasteiger partial charge on any atom is -0.298 e. The van der Waals surface area contributed by atoms with Crippen LogP contribution in [0.2, 0.25) is 0 Å². The molecule has 0 bridgehead atoms. The molecule has 2 aromatic carbocycles. The lowest BCUT2D eigenvalue weighted by atomic mass is 9.74. The molecule has 4 rings (SSSR count). The fraction of sp³-hybridized carbons (Fsp3) is 0.150. The van der Waals surface area contributed by atoms with Crippen molar-refractivity contribution in [3.63, 3.8) is 0 Å². The van der Waals surface area contributed by atoms with E-state index in [2.05, 4.69) is 54.6 Å². The highest BCUT2D eigenvalue weighted by Crippen LogP contribution is 2.49. The average Bonchev–Trinajstić information content (AvgIpc) is 2.93. The molecule has 0 aromatic heterocycles. The van der Waals surface area contributed by atoms with Crippen LogP contribution in [0.1, 0.15) is 22.6 Å². The minimum absolute atomic E-state index is 0.177. The van der Waals surface area contributed by atoms with Crippen molar-refractivity contribution in [3.8, 4) is 0 Å². The van der Waals surface area contributed by atoms with Crippen LogP contribution in [0.3, 0.4) is 0 Å². The smallest absolute Gasteiger partial charge is 0.146 e. The van der Waals surface area contributed by atoms with Crippen molar-refractivity contribution in [1.82, 2.24) is 0 Å². The Balaban J connectivity index is 1.85. The van der Waals surface area contributed by atoms with Crippen molar-refractivity contribution < 1.29 is 4.79 Å². The number of rotatable bonds is 2. The van der Waals surface area contributed by atoms with E-state index in [9.17, 15) is 4.79 Å². The maximum absolute atomic E-state index is 11.5. The van der Waals surface area contributed by atoms with Crippen LogP contribution in [0.5, 0.6) is 0 Å². The third-order valence-corrected chi connectivity index (χ3v) is 4.68. The van der Waals surface area contributed by atoms with E-state index in [4.69, 9.17) is 0 Å². The summed E-state index contributed by atoms with van der Waals surface area (Å²) in [7, 11) is 0. The molecule has 0 unspecified atom stereocenters. The molecule has 21 heavy (non-hydrogen) atoms. The second-order valence-electron chi connectivity index (χ2n) is 5.76. The molecule has 0 spiro atoms. The van der Waals surface area contributed by atoms with Gasteiger partial charge >= 0.3 is 0 Å². The zero-order valence-corrected chi connectivity index (χ0v) is 11.7. The van der Waals surface area contributed by atoms with Gasteiger partial charge in [-0.05, 0) is 40.2 Å². The van der Waals surface area contributed by atoms with E-state index in [1.54, 1.807) is 0 Å². The Kier molecular flexibility index (Phi) is 2.85. The van der Waals surface area contributed by atoms with Gasteiger partial charge in [0.2, 0.25) is 0 Å². The summed E-state index contributed by atoms with van der Waals surface area (Å²) in [4.78, 5) is 11.5. The molecule has 0 saturated carbocycles. The van der Waals surface area contributed by atoms with Crippen LogP contribution < -0.4 is 0 Å². The Hall–Kier alpha value is -2.41. The maximum atomic E-state index is 11.5. The van der Waals surface area contributed by atoms with Crippen molar-refractivity contribution in [2.24, 2.45) is 5.92 Å². The van der Waals surface area contributed by atoms with Crippen molar-refractivity contribution in [2.45, 2.75) is 12.3 Å². The predicted octanol–water partition coefficient (Wildman–Crippen LogP) is 4.17. The normalized spacial score (nSPS) is 22.9. The van der Waals surface area contributed by atoms with Crippen LogP contribution in [0.15, 0.2) is 72.3 Å². The Morgan fingerprint density at radius 2 is 1.67 bits per heavy atom. The van der Waals surface area contributed by atoms with Crippen molar-refractivity contribution >= 4 is 11.9 Å². The maximum Gasteiger partial charge on any atom is 0.146 e. The molecular weight excluding hydrogens is 256 g/mol. The Morgan fingerprint density at radius 3 is 2.48 bits per heavy atom. The SMILES string of the molecule is O=CC1=CC=C2c3ccccc3C[C@H]2[C@@H]1c1ccccc1. The van der Waals surface area contributed by atoms with Crippen LogP contribution in [-0.2, 0) is 11.2 Å². The zero-order valence-electron chi connectivity index (χ0n) is 11.7. The lowest BCUT2D eigenvalue weighted by Crippen LogP contribution is -2.18. The van der Waals surface area contributed by atoms with Crippen molar-refractivity contribution in [1.29, 1.82) is 0 Å². The first-order valence-electron chi connectivity index (χ1n) is 7.38. The summed E-state index contributed by atoms with van der Waals surface area (Å²) in [5.41, 5.74) is 6.26. The van der Waals surface area contributed by atoms with Crippen LogP contribution >= 0.6 is 0 Å². The standard InChI is InChI=1S/C20H16O/c21-13-16-10-11-18-17-9-5-4-8-15(17)12-19(18)20(16)14-6-2-1-3-7-14/h1-11,13,19-20H,12H2/t19-,20-/m1/s1. The molecule has 0 heterocycles. The first kappa shape index (κ1) is 12.3. The van der Waals surface area contributed by atoms with E-state index in [1.165, 1.54) is 22.3 Å². The molecule has 2 atom stereocenters. The molecular formula is C20H16O. The highest BCUT2D eigenvalue weighted by Gasteiger charge is 2.37. The second-order valence-corrected chi connectivity index (χ2v) is 5.76. The van der Waals surface area contributed by atoms with Gasteiger partial charge in [0.15, 0.2) is 0 Å². The molecule has 2 aliphatic carbocycles. The predicted molar refractivity (Wildman–Crippen MR) is 84.9 cm³/mol. The number of benzene rings is 2. The van der Waals surface area contributed by atoms with E-state index < -0.39 is 0 Å². The van der Waals surface area contributed by atoms with Gasteiger partial charge in [0.1, 0.15) is 6.29 Å². The topological polar surface area (TPSA) is 17.1 Å². The van der Waals surface area contributed by atoms with E-state index in [1.807, 2.05) is 12.1 Å². The molecule has 0 fully saturated rings. The van der Waals surface area contributed by atoms with Gasteiger partial charge in [-0.2, -0.15) is 0 Å². The number of allylic oxidation sites excluding steroid dienone is 4. The molecule has 102 valence electrons. The summed E-state index contributed by atoms with van der Waals surface area (Å²) in [5, 5.41) is 0. The monoisotopic (exact) mass is 272 g/mol. The van der Waals surface area contributed by atoms with E-state index in [-0.39, 0.29) is 5.92 Å². The third kappa shape index (κ3) is 1.89. The van der Waals surface area contributed by atoms with Crippen molar-refractivity contribution in [2.75, 3.05) is 0 Å². The molecule has 0 N–H and O–H groups in total. The van der Waals surface area contributed by atoms with Crippen molar-refractivity contribution in [3.05, 3.63) is 89.0 Å². The molecule has 1 heteroatoms. The van der Waals surface area contributed by atoms with Crippen LogP contribution in [0.25, 0.3) is 5.57 Å². The zero-order chi connectivity index (χ0) is 14.2. The third-order valence-electron chi connectivity index (χ3n) is 4.68. The first-order valence-corrected chi connectivity index (χ1v) is 7.38. The fourth-order valence-electron chi connectivity index (χ4n) is 3.76. The van der Waals surface area contributed by atoms with Gasteiger partial charge in [-0.15, -0.1) is 0 Å². The van der Waals surface area contributed by atoms with Gasteiger partial charge in [-0.25, -0.2) is 0 Å². The largest absolute Gasteiger partial charge is 0.298 e. The summed E-state index contributed by atoms with van der Waals surface area (Å²) in [6, 6.07) is 19.0. The van der Waals surface area contributed by atoms with Gasteiger partial charge in [-0.3, -0.25) is 4.79 Å². The summed E-state index contributed by atoms with van der Waals surface area (Å²) < 4.78 is 0. The Labute approximate surface area is 124 Å². The van der Waals surface area contributed by atoms with Crippen LogP contribution in [0.4, 0.5) is 0 Å². The number of hydrogen-bond donors (Lipinski definition) is 0. The minimum atomic E-state index is 0.177. The second kappa shape index (κ2) is 4.85. The van der Waals surface area contributed by atoms with Gasteiger partial charge in [-0.1, -0.05) is 66.7 Å². The van der Waals surface area contributed by atoms with E-state index >= 15 is 0 Å². The van der Waals surface area contributed by atoms with Crippen LogP contribution in [-0.4, -0.2) is 6.29 Å². The number of aldehydes is 1. The molecule has 0 radical (unpaired) electrons. The fourth-order valence-corrected chi connectivity index (χ4v) is 3.76. The quantitative estimate of drug-likeness (QED) is 0.750. The van der Waals surface area contributed by atoms with Crippen LogP contribution in [0, 0.1) is 5.92 Å². The molecule has 0 amide bonds. The first-order chi connectivity index (χ1) is 10.4. The molecule has 2 aromatic rings. The highest BCUT2D eigenvalue weighted by molar-refractivity contribution is 5.85. The summed E-state index contributed by atoms with van der Waals surface area (Å²) in [6.45, 7) is 0. The molecule has 0 saturated heterocycles.